The quantitative estimate of drug-likeness (QED) is 0.670. The van der Waals surface area contributed by atoms with Crippen molar-refractivity contribution in [1.29, 1.82) is 0 Å². The first kappa shape index (κ1) is 19.8. The summed E-state index contributed by atoms with van der Waals surface area (Å²) in [6, 6.07) is 5.31. The lowest BCUT2D eigenvalue weighted by Gasteiger charge is -2.17. The summed E-state index contributed by atoms with van der Waals surface area (Å²) in [5, 5.41) is 9.02. The van der Waals surface area contributed by atoms with Gasteiger partial charge in [0.05, 0.1) is 5.69 Å². The third kappa shape index (κ3) is 3.72. The van der Waals surface area contributed by atoms with Crippen LogP contribution in [0, 0.1) is 17.5 Å². The number of nitrogens with one attached hydrogen (secondary N) is 1. The number of carbonyl (C=O) groups excluding carboxylic acids is 2. The molecule has 0 spiro atoms. The van der Waals surface area contributed by atoms with Gasteiger partial charge in [0.1, 0.15) is 11.5 Å². The molecule has 0 atom stereocenters. The molecule has 0 saturated heterocycles. The number of hydrogen-bond acceptors (Lipinski definition) is 5. The topological polar surface area (TPSA) is 102 Å². The molecule has 1 heterocycles. The molecule has 0 saturated carbocycles. The Morgan fingerprint density at radius 3 is 2.28 bits per heavy atom. The lowest BCUT2D eigenvalue weighted by Crippen LogP contribution is -2.39. The molecule has 1 aromatic heterocycles. The van der Waals surface area contributed by atoms with E-state index in [9.17, 15) is 27.6 Å². The van der Waals surface area contributed by atoms with E-state index in [1.165, 1.54) is 19.1 Å². The van der Waals surface area contributed by atoms with Crippen LogP contribution < -0.4 is 15.9 Å². The molecule has 0 bridgehead atoms. The normalized spacial score (nSPS) is 10.7. The van der Waals surface area contributed by atoms with Crippen LogP contribution in [-0.4, -0.2) is 38.8 Å². The van der Waals surface area contributed by atoms with Crippen molar-refractivity contribution in [3.8, 4) is 5.69 Å². The molecule has 3 aromatic rings. The van der Waals surface area contributed by atoms with Gasteiger partial charge in [0.15, 0.2) is 11.6 Å². The summed E-state index contributed by atoms with van der Waals surface area (Å²) >= 11 is 0. The first-order valence-corrected chi connectivity index (χ1v) is 8.05. The van der Waals surface area contributed by atoms with Crippen LogP contribution in [0.1, 0.15) is 6.92 Å². The van der Waals surface area contributed by atoms with Crippen molar-refractivity contribution >= 4 is 23.3 Å². The third-order valence-electron chi connectivity index (χ3n) is 3.83. The van der Waals surface area contributed by atoms with Gasteiger partial charge in [-0.05, 0) is 40.8 Å². The fourth-order valence-corrected chi connectivity index (χ4v) is 2.50. The van der Waals surface area contributed by atoms with E-state index in [2.05, 4.69) is 15.7 Å². The molecule has 3 rings (SSSR count). The van der Waals surface area contributed by atoms with Crippen molar-refractivity contribution in [2.75, 3.05) is 17.3 Å². The summed E-state index contributed by atoms with van der Waals surface area (Å²) in [6.45, 7) is 1.25. The molecular formula is C17H13F3N6O3. The fraction of sp³-hybridized carbons (Fsp3) is 0.118. The molecular weight excluding hydrogens is 393 g/mol. The first-order chi connectivity index (χ1) is 13.7. The number of benzene rings is 2. The molecule has 9 nitrogen and oxygen atoms in total. The first-order valence-electron chi connectivity index (χ1n) is 8.05. The Labute approximate surface area is 160 Å². The summed E-state index contributed by atoms with van der Waals surface area (Å²) in [6.07, 6.45) is 0. The average molecular weight is 406 g/mol. The van der Waals surface area contributed by atoms with Gasteiger partial charge in [0.25, 0.3) is 0 Å². The van der Waals surface area contributed by atoms with Gasteiger partial charge < -0.3 is 5.32 Å². The number of tetrazole rings is 1. The minimum Gasteiger partial charge on any atom is -0.326 e. The summed E-state index contributed by atoms with van der Waals surface area (Å²) in [5.74, 6) is -3.45. The van der Waals surface area contributed by atoms with Crippen LogP contribution in [0.3, 0.4) is 0 Å². The average Bonchev–Trinajstić information content (AvgIpc) is 3.01. The second-order valence-electron chi connectivity index (χ2n) is 5.84. The molecule has 150 valence electrons. The van der Waals surface area contributed by atoms with E-state index < -0.39 is 40.8 Å². The molecule has 2 aromatic carbocycles. The Kier molecular flexibility index (Phi) is 5.17. The van der Waals surface area contributed by atoms with Gasteiger partial charge >= 0.3 is 11.7 Å². The predicted octanol–water partition coefficient (Wildman–Crippen LogP) is 1.91. The minimum atomic E-state index is -1.25. The number of nitrogens with zero attached hydrogens (tertiary/aromatic N) is 5. The summed E-state index contributed by atoms with van der Waals surface area (Å²) < 4.78 is 42.6. The molecule has 0 aliphatic heterocycles. The Hall–Kier alpha value is -3.96. The molecule has 1 N–H and O–H groups in total. The molecule has 29 heavy (non-hydrogen) atoms. The third-order valence-corrected chi connectivity index (χ3v) is 3.83. The van der Waals surface area contributed by atoms with Gasteiger partial charge in [0, 0.05) is 19.7 Å². The van der Waals surface area contributed by atoms with Crippen LogP contribution in [0.25, 0.3) is 5.69 Å². The van der Waals surface area contributed by atoms with Crippen molar-refractivity contribution in [1.82, 2.24) is 19.8 Å². The number of halogens is 3. The minimum absolute atomic E-state index is 0.165. The van der Waals surface area contributed by atoms with Gasteiger partial charge in [-0.2, -0.15) is 4.68 Å². The molecule has 0 fully saturated rings. The summed E-state index contributed by atoms with van der Waals surface area (Å²) in [5.41, 5.74) is -2.12. The number of rotatable bonds is 3. The molecule has 2 amide bonds. The van der Waals surface area contributed by atoms with Gasteiger partial charge in [-0.25, -0.2) is 22.8 Å². The van der Waals surface area contributed by atoms with Crippen molar-refractivity contribution in [2.24, 2.45) is 0 Å². The highest BCUT2D eigenvalue weighted by Crippen LogP contribution is 2.22. The molecule has 12 heteroatoms. The number of hydrogen-bond donors (Lipinski definition) is 1. The highest BCUT2D eigenvalue weighted by Gasteiger charge is 2.24. The van der Waals surface area contributed by atoms with Crippen molar-refractivity contribution in [3.63, 3.8) is 0 Å². The second kappa shape index (κ2) is 7.58. The number of anilines is 2. The van der Waals surface area contributed by atoms with E-state index >= 15 is 0 Å². The van der Waals surface area contributed by atoms with E-state index in [-0.39, 0.29) is 20.7 Å². The Bertz CT molecular complexity index is 1150. The zero-order valence-corrected chi connectivity index (χ0v) is 15.1. The SMILES string of the molecule is CC(=O)Nc1ccc(N(C)C(=O)n2nnn(-c3c(F)cccc3F)c2=O)c(F)c1. The summed E-state index contributed by atoms with van der Waals surface area (Å²) in [4.78, 5) is 36.7. The van der Waals surface area contributed by atoms with Gasteiger partial charge in [-0.3, -0.25) is 9.69 Å². The van der Waals surface area contributed by atoms with Crippen LogP contribution in [0.15, 0.2) is 41.2 Å². The van der Waals surface area contributed by atoms with Crippen LogP contribution in [0.2, 0.25) is 0 Å². The van der Waals surface area contributed by atoms with E-state index in [1.807, 2.05) is 0 Å². The molecule has 0 unspecified atom stereocenters. The van der Waals surface area contributed by atoms with E-state index in [4.69, 9.17) is 0 Å². The monoisotopic (exact) mass is 406 g/mol. The Morgan fingerprint density at radius 2 is 1.69 bits per heavy atom. The zero-order chi connectivity index (χ0) is 21.3. The lowest BCUT2D eigenvalue weighted by molar-refractivity contribution is -0.114. The number of amides is 2. The van der Waals surface area contributed by atoms with E-state index in [0.29, 0.717) is 0 Å². The van der Waals surface area contributed by atoms with Gasteiger partial charge in [-0.1, -0.05) is 6.07 Å². The van der Waals surface area contributed by atoms with Crippen molar-refractivity contribution < 1.29 is 22.8 Å². The summed E-state index contributed by atoms with van der Waals surface area (Å²) in [7, 11) is 1.16. The zero-order valence-electron chi connectivity index (χ0n) is 15.1. The number of carbonyl (C=O) groups is 2. The molecule has 0 radical (unpaired) electrons. The van der Waals surface area contributed by atoms with Crippen LogP contribution in [-0.2, 0) is 4.79 Å². The smallest absolute Gasteiger partial charge is 0.326 e. The maximum atomic E-state index is 14.3. The molecule has 0 aliphatic rings. The van der Waals surface area contributed by atoms with Gasteiger partial charge in [-0.15, -0.1) is 4.68 Å². The maximum Gasteiger partial charge on any atom is 0.377 e. The predicted molar refractivity (Wildman–Crippen MR) is 95.4 cm³/mol. The molecule has 0 aliphatic carbocycles. The van der Waals surface area contributed by atoms with Crippen LogP contribution in [0.4, 0.5) is 29.3 Å². The number of para-hydroxylation sites is 1. The second-order valence-corrected chi connectivity index (χ2v) is 5.84. The largest absolute Gasteiger partial charge is 0.377 e. The van der Waals surface area contributed by atoms with E-state index in [1.54, 1.807) is 0 Å². The van der Waals surface area contributed by atoms with E-state index in [0.717, 1.165) is 36.2 Å². The van der Waals surface area contributed by atoms with Crippen molar-refractivity contribution in [3.05, 3.63) is 64.3 Å². The Balaban J connectivity index is 1.95. The van der Waals surface area contributed by atoms with Crippen LogP contribution >= 0.6 is 0 Å². The van der Waals surface area contributed by atoms with Crippen molar-refractivity contribution in [2.45, 2.75) is 6.92 Å². The van der Waals surface area contributed by atoms with Gasteiger partial charge in [0.2, 0.25) is 5.91 Å². The van der Waals surface area contributed by atoms with Crippen LogP contribution in [0.5, 0.6) is 0 Å². The maximum absolute atomic E-state index is 14.3. The fourth-order valence-electron chi connectivity index (χ4n) is 2.50. The lowest BCUT2D eigenvalue weighted by atomic mass is 10.2. The highest BCUT2D eigenvalue weighted by molar-refractivity contribution is 5.93. The Morgan fingerprint density at radius 1 is 1.03 bits per heavy atom. The number of aromatic nitrogens is 4. The standard InChI is InChI=1S/C17H13F3N6O3/c1-9(27)21-10-6-7-14(13(20)8-10)24(2)16(28)26-17(29)25(22-23-26)15-11(18)4-3-5-12(15)19/h3-8H,1-2H3,(H,21,27). The highest BCUT2D eigenvalue weighted by atomic mass is 19.1.